The van der Waals surface area contributed by atoms with Crippen LogP contribution in [0.25, 0.3) is 11.5 Å². The second kappa shape index (κ2) is 8.22. The van der Waals surface area contributed by atoms with Crippen molar-refractivity contribution in [2.24, 2.45) is 5.84 Å². The summed E-state index contributed by atoms with van der Waals surface area (Å²) in [6.45, 7) is -0.0600. The second-order valence-corrected chi connectivity index (χ2v) is 5.61. The first-order chi connectivity index (χ1) is 13.9. The van der Waals surface area contributed by atoms with E-state index < -0.39 is 16.9 Å². The molecule has 3 aromatic rings. The van der Waals surface area contributed by atoms with Gasteiger partial charge in [-0.25, -0.2) is 10.6 Å². The molecule has 12 nitrogen and oxygen atoms in total. The van der Waals surface area contributed by atoms with Crippen LogP contribution >= 0.6 is 0 Å². The number of aldehydes is 1. The molecule has 0 aliphatic heterocycles. The van der Waals surface area contributed by atoms with Gasteiger partial charge in [0.05, 0.1) is 24.9 Å². The van der Waals surface area contributed by atoms with Crippen LogP contribution in [0.1, 0.15) is 15.9 Å². The zero-order chi connectivity index (χ0) is 21.0. The number of nitrogens with two attached hydrogens (primary N) is 1. The summed E-state index contributed by atoms with van der Waals surface area (Å²) < 4.78 is 15.2. The van der Waals surface area contributed by atoms with Crippen LogP contribution in [0.15, 0.2) is 47.0 Å². The molecule has 2 aromatic heterocycles. The van der Waals surface area contributed by atoms with E-state index >= 15 is 0 Å². The van der Waals surface area contributed by atoms with Gasteiger partial charge in [-0.3, -0.25) is 14.9 Å². The predicted molar refractivity (Wildman–Crippen MR) is 97.6 cm³/mol. The highest BCUT2D eigenvalue weighted by molar-refractivity contribution is 5.85. The average Bonchev–Trinajstić information content (AvgIpc) is 3.38. The fourth-order valence-electron chi connectivity index (χ4n) is 2.33. The van der Waals surface area contributed by atoms with E-state index in [1.807, 2.05) is 0 Å². The zero-order valence-electron chi connectivity index (χ0n) is 15.0. The fraction of sp³-hybridized carbons (Fsp3) is 0.118. The lowest BCUT2D eigenvalue weighted by atomic mass is 10.2. The molecule has 0 aliphatic carbocycles. The van der Waals surface area contributed by atoms with Gasteiger partial charge in [-0.05, 0) is 23.8 Å². The van der Waals surface area contributed by atoms with Crippen molar-refractivity contribution < 1.29 is 28.4 Å². The molecule has 2 heterocycles. The van der Waals surface area contributed by atoms with Crippen molar-refractivity contribution in [2.75, 3.05) is 12.2 Å². The first-order valence-corrected chi connectivity index (χ1v) is 8.07. The first-order valence-electron chi connectivity index (χ1n) is 8.07. The largest absolute Gasteiger partial charge is 0.497 e. The van der Waals surface area contributed by atoms with Gasteiger partial charge in [-0.1, -0.05) is 12.1 Å². The van der Waals surface area contributed by atoms with Gasteiger partial charge in [0.1, 0.15) is 23.0 Å². The van der Waals surface area contributed by atoms with Crippen LogP contribution in [0.2, 0.25) is 0 Å². The predicted octanol–water partition coefficient (Wildman–Crippen LogP) is 2.02. The van der Waals surface area contributed by atoms with Crippen LogP contribution in [-0.4, -0.2) is 34.3 Å². The molecule has 0 spiro atoms. The van der Waals surface area contributed by atoms with Crippen molar-refractivity contribution in [3.8, 4) is 17.2 Å². The minimum atomic E-state index is -0.947. The summed E-state index contributed by atoms with van der Waals surface area (Å²) in [7, 11) is 1.54. The molecule has 0 aliphatic rings. The number of hydrazine groups is 1. The van der Waals surface area contributed by atoms with Crippen molar-refractivity contribution in [1.29, 1.82) is 0 Å². The highest BCUT2D eigenvalue weighted by Crippen LogP contribution is 2.26. The van der Waals surface area contributed by atoms with E-state index in [1.54, 1.807) is 24.3 Å². The van der Waals surface area contributed by atoms with Crippen molar-refractivity contribution in [2.45, 2.75) is 6.61 Å². The number of furan rings is 1. The second-order valence-electron chi connectivity index (χ2n) is 5.61. The molecule has 3 rings (SSSR count). The Hall–Kier alpha value is -4.19. The smallest absolute Gasteiger partial charge is 0.445 e. The molecule has 29 heavy (non-hydrogen) atoms. The normalized spacial score (nSPS) is 10.4. The number of carbonyl (C=O) groups excluding carboxylic acids is 2. The number of aromatic nitrogens is 2. The molecule has 1 amide bonds. The summed E-state index contributed by atoms with van der Waals surface area (Å²) in [6, 6.07) is 9.25. The maximum atomic E-state index is 12.2. The molecule has 0 fully saturated rings. The number of carbonyl (C=O) groups is 2. The quantitative estimate of drug-likeness (QED) is 0.206. The van der Waals surface area contributed by atoms with Crippen LogP contribution in [0.5, 0.6) is 5.75 Å². The van der Waals surface area contributed by atoms with E-state index in [9.17, 15) is 19.7 Å². The minimum Gasteiger partial charge on any atom is -0.497 e. The lowest BCUT2D eigenvalue weighted by molar-refractivity contribution is -0.401. The molecule has 1 aromatic carbocycles. The van der Waals surface area contributed by atoms with Crippen molar-refractivity contribution in [3.63, 3.8) is 0 Å². The van der Waals surface area contributed by atoms with Crippen LogP contribution < -0.4 is 15.7 Å². The SMILES string of the molecule is COc1ccc(COC(=O)N(N)n2cc(C=O)c(-c3ccc([N+](=O)[O-])o3)n2)cc1. The molecule has 0 saturated carbocycles. The molecular formula is C17H15N5O7. The van der Waals surface area contributed by atoms with Crippen LogP contribution in [0.3, 0.4) is 0 Å². The van der Waals surface area contributed by atoms with E-state index in [-0.39, 0.29) is 23.6 Å². The third-order valence-electron chi connectivity index (χ3n) is 3.79. The Morgan fingerprint density at radius 2 is 2.07 bits per heavy atom. The Labute approximate surface area is 163 Å². The number of rotatable bonds is 7. The topological polar surface area (TPSA) is 156 Å². The maximum Gasteiger partial charge on any atom is 0.445 e. The van der Waals surface area contributed by atoms with Gasteiger partial charge in [0, 0.05) is 0 Å². The van der Waals surface area contributed by atoms with Crippen LogP contribution in [0, 0.1) is 10.1 Å². The summed E-state index contributed by atoms with van der Waals surface area (Å²) in [5.74, 6) is 5.81. The standard InChI is InChI=1S/C17H15N5O7/c1-27-13-4-2-11(3-5-13)10-28-17(24)21(18)20-8-12(9-23)16(19-20)14-6-7-15(29-14)22(25)26/h2-9H,10,18H2,1H3. The van der Waals surface area contributed by atoms with Crippen LogP contribution in [0.4, 0.5) is 10.7 Å². The van der Waals surface area contributed by atoms with Gasteiger partial charge >= 0.3 is 12.0 Å². The number of methoxy groups -OCH3 is 1. The van der Waals surface area contributed by atoms with E-state index in [0.717, 1.165) is 17.1 Å². The highest BCUT2D eigenvalue weighted by atomic mass is 16.6. The number of nitrogens with zero attached hydrogens (tertiary/aromatic N) is 4. The van der Waals surface area contributed by atoms with E-state index in [2.05, 4.69) is 5.10 Å². The molecule has 0 unspecified atom stereocenters. The molecule has 150 valence electrons. The summed E-state index contributed by atoms with van der Waals surface area (Å²) in [6.07, 6.45) is 0.660. The lowest BCUT2D eigenvalue weighted by Crippen LogP contribution is -2.47. The first kappa shape index (κ1) is 19.6. The van der Waals surface area contributed by atoms with Gasteiger partial charge in [-0.2, -0.15) is 4.79 Å². The summed E-state index contributed by atoms with van der Waals surface area (Å²) >= 11 is 0. The average molecular weight is 401 g/mol. The summed E-state index contributed by atoms with van der Waals surface area (Å²) in [5, 5.41) is 15.3. The summed E-state index contributed by atoms with van der Waals surface area (Å²) in [4.78, 5) is 34.3. The van der Waals surface area contributed by atoms with Gasteiger partial charge in [0.25, 0.3) is 0 Å². The Bertz CT molecular complexity index is 1040. The molecule has 0 bridgehead atoms. The van der Waals surface area contributed by atoms with Gasteiger partial charge in [0.2, 0.25) is 0 Å². The number of hydrogen-bond acceptors (Lipinski definition) is 9. The Morgan fingerprint density at radius 1 is 1.34 bits per heavy atom. The molecule has 12 heteroatoms. The fourth-order valence-corrected chi connectivity index (χ4v) is 2.33. The van der Waals surface area contributed by atoms with Gasteiger partial charge in [0.15, 0.2) is 12.0 Å². The number of amides is 1. The molecule has 0 saturated heterocycles. The molecule has 0 radical (unpaired) electrons. The van der Waals surface area contributed by atoms with Gasteiger partial charge in [-0.15, -0.1) is 10.2 Å². The number of nitro groups is 1. The van der Waals surface area contributed by atoms with E-state index in [1.165, 1.54) is 13.2 Å². The van der Waals surface area contributed by atoms with Crippen molar-refractivity contribution >= 4 is 18.3 Å². The zero-order valence-corrected chi connectivity index (χ0v) is 15.0. The van der Waals surface area contributed by atoms with E-state index in [0.29, 0.717) is 22.7 Å². The number of benzene rings is 1. The van der Waals surface area contributed by atoms with Crippen molar-refractivity contribution in [1.82, 2.24) is 9.89 Å². The maximum absolute atomic E-state index is 12.2. The number of ether oxygens (including phenoxy) is 2. The van der Waals surface area contributed by atoms with Crippen LogP contribution in [-0.2, 0) is 11.3 Å². The number of hydrogen-bond donors (Lipinski definition) is 1. The third kappa shape index (κ3) is 4.22. The highest BCUT2D eigenvalue weighted by Gasteiger charge is 2.22. The monoisotopic (exact) mass is 401 g/mol. The Kier molecular flexibility index (Phi) is 5.55. The molecule has 0 atom stereocenters. The Morgan fingerprint density at radius 3 is 2.66 bits per heavy atom. The molecular weight excluding hydrogens is 386 g/mol. The minimum absolute atomic E-state index is 0.00709. The lowest BCUT2D eigenvalue weighted by Gasteiger charge is -2.15. The van der Waals surface area contributed by atoms with Gasteiger partial charge < -0.3 is 13.9 Å². The Balaban J connectivity index is 1.73. The van der Waals surface area contributed by atoms with E-state index in [4.69, 9.17) is 19.7 Å². The molecule has 2 N–H and O–H groups in total. The third-order valence-corrected chi connectivity index (χ3v) is 3.79. The summed E-state index contributed by atoms with van der Waals surface area (Å²) in [5.41, 5.74) is 0.685. The van der Waals surface area contributed by atoms with Crippen molar-refractivity contribution in [3.05, 3.63) is 63.8 Å².